The van der Waals surface area contributed by atoms with Gasteiger partial charge in [0.05, 0.1) is 17.8 Å². The molecule has 2 N–H and O–H groups in total. The zero-order valence-corrected chi connectivity index (χ0v) is 14.3. The number of aromatic amines is 1. The third kappa shape index (κ3) is 2.81. The van der Waals surface area contributed by atoms with Gasteiger partial charge in [-0.25, -0.2) is 0 Å². The quantitative estimate of drug-likeness (QED) is 0.734. The van der Waals surface area contributed by atoms with E-state index in [1.807, 2.05) is 19.1 Å². The van der Waals surface area contributed by atoms with E-state index in [0.29, 0.717) is 22.7 Å². The first kappa shape index (κ1) is 15.6. The lowest BCUT2D eigenvalue weighted by Gasteiger charge is -2.15. The Hall–Kier alpha value is -2.97. The summed E-state index contributed by atoms with van der Waals surface area (Å²) in [7, 11) is 0. The maximum absolute atomic E-state index is 12.4. The van der Waals surface area contributed by atoms with Crippen molar-refractivity contribution in [2.45, 2.75) is 33.2 Å². The average Bonchev–Trinajstić information content (AvgIpc) is 3.33. The molecule has 9 nitrogen and oxygen atoms in total. The van der Waals surface area contributed by atoms with E-state index in [-0.39, 0.29) is 12.5 Å². The van der Waals surface area contributed by atoms with Crippen LogP contribution >= 0.6 is 0 Å². The van der Waals surface area contributed by atoms with Crippen LogP contribution in [-0.4, -0.2) is 49.0 Å². The molecular formula is C16H20N8O. The highest BCUT2D eigenvalue weighted by molar-refractivity contribution is 5.96. The number of anilines is 1. The molecular weight excluding hydrogens is 320 g/mol. The van der Waals surface area contributed by atoms with Gasteiger partial charge in [0.1, 0.15) is 5.82 Å². The van der Waals surface area contributed by atoms with Gasteiger partial charge < -0.3 is 10.2 Å². The molecule has 25 heavy (non-hydrogen) atoms. The molecule has 0 atom stereocenters. The number of carbonyl (C=O) groups is 1. The van der Waals surface area contributed by atoms with Gasteiger partial charge in [-0.3, -0.25) is 9.89 Å². The number of nitrogens with zero attached hydrogens (tertiary/aromatic N) is 6. The summed E-state index contributed by atoms with van der Waals surface area (Å²) in [6.07, 6.45) is 2.38. The molecule has 1 aliphatic heterocycles. The Bertz CT molecular complexity index is 902. The third-order valence-electron chi connectivity index (χ3n) is 4.51. The second-order valence-corrected chi connectivity index (χ2v) is 6.26. The molecule has 0 saturated carbocycles. The summed E-state index contributed by atoms with van der Waals surface area (Å²) in [4.78, 5) is 14.6. The van der Waals surface area contributed by atoms with Crippen LogP contribution in [0.5, 0.6) is 0 Å². The van der Waals surface area contributed by atoms with Crippen molar-refractivity contribution < 1.29 is 4.79 Å². The minimum absolute atomic E-state index is 0.184. The second-order valence-electron chi connectivity index (χ2n) is 6.26. The van der Waals surface area contributed by atoms with Gasteiger partial charge in [0.15, 0.2) is 11.5 Å². The molecule has 0 aromatic carbocycles. The summed E-state index contributed by atoms with van der Waals surface area (Å²) in [5, 5.41) is 22.7. The highest BCUT2D eigenvalue weighted by atomic mass is 16.1. The molecule has 0 bridgehead atoms. The minimum Gasteiger partial charge on any atom is -0.355 e. The largest absolute Gasteiger partial charge is 0.355 e. The summed E-state index contributed by atoms with van der Waals surface area (Å²) in [5.41, 5.74) is 2.66. The van der Waals surface area contributed by atoms with E-state index in [4.69, 9.17) is 0 Å². The second kappa shape index (κ2) is 6.15. The highest BCUT2D eigenvalue weighted by Crippen LogP contribution is 2.18. The zero-order valence-electron chi connectivity index (χ0n) is 14.3. The first-order chi connectivity index (χ1) is 12.1. The van der Waals surface area contributed by atoms with Crippen LogP contribution in [0.4, 0.5) is 5.82 Å². The number of aromatic nitrogens is 6. The Labute approximate surface area is 144 Å². The number of rotatable bonds is 4. The molecule has 0 aliphatic carbocycles. The van der Waals surface area contributed by atoms with Crippen LogP contribution in [-0.2, 0) is 6.54 Å². The average molecular weight is 340 g/mol. The first-order valence-electron chi connectivity index (χ1n) is 8.39. The van der Waals surface area contributed by atoms with Crippen LogP contribution < -0.4 is 10.2 Å². The number of hydrogen-bond donors (Lipinski definition) is 2. The number of amides is 1. The van der Waals surface area contributed by atoms with Gasteiger partial charge in [-0.1, -0.05) is 0 Å². The van der Waals surface area contributed by atoms with Crippen molar-refractivity contribution in [3.63, 3.8) is 0 Å². The fourth-order valence-corrected chi connectivity index (χ4v) is 3.18. The number of hydrogen-bond acceptors (Lipinski definition) is 6. The normalized spacial score (nSPS) is 14.4. The summed E-state index contributed by atoms with van der Waals surface area (Å²) in [5.74, 6) is 1.33. The van der Waals surface area contributed by atoms with Crippen molar-refractivity contribution in [2.24, 2.45) is 0 Å². The molecule has 0 unspecified atom stereocenters. The summed E-state index contributed by atoms with van der Waals surface area (Å²) < 4.78 is 1.70. The van der Waals surface area contributed by atoms with Gasteiger partial charge in [-0.15, -0.1) is 15.3 Å². The minimum atomic E-state index is -0.184. The van der Waals surface area contributed by atoms with Gasteiger partial charge in [0.2, 0.25) is 0 Å². The highest BCUT2D eigenvalue weighted by Gasteiger charge is 2.18. The molecule has 4 heterocycles. The predicted octanol–water partition coefficient (Wildman–Crippen LogP) is 0.994. The predicted molar refractivity (Wildman–Crippen MR) is 91.5 cm³/mol. The Morgan fingerprint density at radius 3 is 2.76 bits per heavy atom. The summed E-state index contributed by atoms with van der Waals surface area (Å²) >= 11 is 0. The molecule has 9 heteroatoms. The Morgan fingerprint density at radius 1 is 1.24 bits per heavy atom. The third-order valence-corrected chi connectivity index (χ3v) is 4.51. The van der Waals surface area contributed by atoms with Crippen LogP contribution in [0.3, 0.4) is 0 Å². The molecule has 1 saturated heterocycles. The van der Waals surface area contributed by atoms with Gasteiger partial charge >= 0.3 is 0 Å². The smallest absolute Gasteiger partial charge is 0.255 e. The van der Waals surface area contributed by atoms with Crippen molar-refractivity contribution in [3.8, 4) is 0 Å². The number of carbonyl (C=O) groups excluding carboxylic acids is 1. The topological polar surface area (TPSA) is 104 Å². The lowest BCUT2D eigenvalue weighted by Crippen LogP contribution is -2.25. The van der Waals surface area contributed by atoms with Gasteiger partial charge in [0.25, 0.3) is 5.91 Å². The maximum atomic E-state index is 12.4. The molecule has 130 valence electrons. The Balaban J connectivity index is 1.55. The zero-order chi connectivity index (χ0) is 17.4. The SMILES string of the molecule is Cc1n[nH]c(C)c1C(=O)NCc1nnc2ccc(N3CCCC3)nn12. The van der Waals surface area contributed by atoms with Crippen molar-refractivity contribution in [2.75, 3.05) is 18.0 Å². The molecule has 1 fully saturated rings. The van der Waals surface area contributed by atoms with Crippen molar-refractivity contribution in [1.29, 1.82) is 0 Å². The first-order valence-corrected chi connectivity index (χ1v) is 8.39. The van der Waals surface area contributed by atoms with Crippen molar-refractivity contribution >= 4 is 17.4 Å². The number of nitrogens with one attached hydrogen (secondary N) is 2. The van der Waals surface area contributed by atoms with E-state index in [1.165, 1.54) is 12.8 Å². The lowest BCUT2D eigenvalue weighted by molar-refractivity contribution is 0.0948. The van der Waals surface area contributed by atoms with E-state index in [0.717, 1.165) is 24.6 Å². The monoisotopic (exact) mass is 340 g/mol. The molecule has 4 rings (SSSR count). The molecule has 0 radical (unpaired) electrons. The van der Waals surface area contributed by atoms with E-state index < -0.39 is 0 Å². The summed E-state index contributed by atoms with van der Waals surface area (Å²) in [6, 6.07) is 3.87. The molecule has 1 amide bonds. The van der Waals surface area contributed by atoms with Crippen LogP contribution in [0.2, 0.25) is 0 Å². The fraction of sp³-hybridized carbons (Fsp3) is 0.438. The van der Waals surface area contributed by atoms with Gasteiger partial charge in [0, 0.05) is 18.8 Å². The van der Waals surface area contributed by atoms with Crippen LogP contribution in [0, 0.1) is 13.8 Å². The standard InChI is InChI=1S/C16H20N8O/c1-10-15(11(2)19-18-10)16(25)17-9-14-21-20-12-5-6-13(22-24(12)14)23-7-3-4-8-23/h5-6H,3-4,7-9H2,1-2H3,(H,17,25)(H,18,19). The van der Waals surface area contributed by atoms with E-state index in [2.05, 4.69) is 35.7 Å². The van der Waals surface area contributed by atoms with Gasteiger partial charge in [-0.05, 0) is 38.8 Å². The number of H-pyrrole nitrogens is 1. The van der Waals surface area contributed by atoms with E-state index >= 15 is 0 Å². The van der Waals surface area contributed by atoms with E-state index in [9.17, 15) is 4.79 Å². The van der Waals surface area contributed by atoms with E-state index in [1.54, 1.807) is 11.4 Å². The Kier molecular flexibility index (Phi) is 3.83. The Morgan fingerprint density at radius 2 is 2.04 bits per heavy atom. The molecule has 3 aromatic rings. The number of aryl methyl sites for hydroxylation is 2. The van der Waals surface area contributed by atoms with Crippen LogP contribution in [0.25, 0.3) is 5.65 Å². The molecule has 0 spiro atoms. The summed E-state index contributed by atoms with van der Waals surface area (Å²) in [6.45, 7) is 5.91. The van der Waals surface area contributed by atoms with Gasteiger partial charge in [-0.2, -0.15) is 9.61 Å². The number of fused-ring (bicyclic) bond motifs is 1. The molecule has 3 aromatic heterocycles. The lowest BCUT2D eigenvalue weighted by atomic mass is 10.2. The van der Waals surface area contributed by atoms with Crippen LogP contribution in [0.15, 0.2) is 12.1 Å². The van der Waals surface area contributed by atoms with Crippen molar-refractivity contribution in [1.82, 2.24) is 35.3 Å². The fourth-order valence-electron chi connectivity index (χ4n) is 3.18. The van der Waals surface area contributed by atoms with Crippen LogP contribution in [0.1, 0.15) is 40.4 Å². The maximum Gasteiger partial charge on any atom is 0.255 e. The van der Waals surface area contributed by atoms with Crippen molar-refractivity contribution in [3.05, 3.63) is 34.9 Å². The molecule has 1 aliphatic rings.